The molecule has 0 aliphatic carbocycles. The van der Waals surface area contributed by atoms with E-state index in [4.69, 9.17) is 0 Å². The standard InChI is InChI=1S/C20H21NSi/c1-22(2,3)19-14-9-12-17(16-10-5-4-6-11-16)20(19)18-13-7-8-15-21-18/h4-15H,1-3H3. The van der Waals surface area contributed by atoms with E-state index >= 15 is 0 Å². The molecule has 0 radical (unpaired) electrons. The van der Waals surface area contributed by atoms with E-state index in [9.17, 15) is 0 Å². The molecule has 0 saturated heterocycles. The number of pyridine rings is 1. The first-order valence-corrected chi connectivity index (χ1v) is 11.2. The number of nitrogens with zero attached hydrogens (tertiary/aromatic N) is 1. The maximum atomic E-state index is 4.63. The van der Waals surface area contributed by atoms with Crippen molar-refractivity contribution in [3.05, 3.63) is 72.9 Å². The molecule has 22 heavy (non-hydrogen) atoms. The lowest BCUT2D eigenvalue weighted by molar-refractivity contribution is 1.33. The Balaban J connectivity index is 2.32. The normalized spacial score (nSPS) is 11.4. The van der Waals surface area contributed by atoms with Crippen LogP contribution in [-0.4, -0.2) is 13.1 Å². The quantitative estimate of drug-likeness (QED) is 0.623. The molecule has 3 rings (SSSR count). The lowest BCUT2D eigenvalue weighted by Gasteiger charge is -2.23. The van der Waals surface area contributed by atoms with Gasteiger partial charge in [0.25, 0.3) is 0 Å². The summed E-state index contributed by atoms with van der Waals surface area (Å²) >= 11 is 0. The number of rotatable bonds is 3. The molecule has 0 N–H and O–H groups in total. The van der Waals surface area contributed by atoms with E-state index in [1.165, 1.54) is 21.9 Å². The second-order valence-corrected chi connectivity index (χ2v) is 11.6. The molecule has 0 saturated carbocycles. The molecule has 3 aromatic rings. The minimum absolute atomic E-state index is 1.07. The summed E-state index contributed by atoms with van der Waals surface area (Å²) in [5, 5.41) is 1.47. The smallest absolute Gasteiger partial charge is 0.0785 e. The first-order valence-electron chi connectivity index (χ1n) is 7.68. The molecule has 0 fully saturated rings. The zero-order valence-corrected chi connectivity index (χ0v) is 14.4. The fourth-order valence-corrected chi connectivity index (χ4v) is 4.43. The van der Waals surface area contributed by atoms with Crippen molar-refractivity contribution in [1.82, 2.24) is 4.98 Å². The molecule has 0 bridgehead atoms. The van der Waals surface area contributed by atoms with Gasteiger partial charge >= 0.3 is 0 Å². The molecular formula is C20H21NSi. The summed E-state index contributed by atoms with van der Waals surface area (Å²) in [7, 11) is -1.46. The molecule has 110 valence electrons. The average molecular weight is 303 g/mol. The highest BCUT2D eigenvalue weighted by atomic mass is 28.3. The molecule has 0 aliphatic rings. The third-order valence-electron chi connectivity index (χ3n) is 3.88. The Labute approximate surface area is 133 Å². The van der Waals surface area contributed by atoms with Gasteiger partial charge in [0, 0.05) is 11.8 Å². The van der Waals surface area contributed by atoms with E-state index < -0.39 is 8.07 Å². The Hall–Kier alpha value is -2.19. The van der Waals surface area contributed by atoms with Crippen LogP contribution in [-0.2, 0) is 0 Å². The van der Waals surface area contributed by atoms with Crippen LogP contribution >= 0.6 is 0 Å². The van der Waals surface area contributed by atoms with Crippen LogP contribution in [0.3, 0.4) is 0 Å². The van der Waals surface area contributed by atoms with Gasteiger partial charge in [0.2, 0.25) is 0 Å². The van der Waals surface area contributed by atoms with Crippen molar-refractivity contribution >= 4 is 13.3 Å². The molecular weight excluding hydrogens is 282 g/mol. The minimum Gasteiger partial charge on any atom is -0.256 e. The van der Waals surface area contributed by atoms with E-state index in [2.05, 4.69) is 85.3 Å². The van der Waals surface area contributed by atoms with Crippen LogP contribution in [0, 0.1) is 0 Å². The van der Waals surface area contributed by atoms with E-state index in [1.807, 2.05) is 12.3 Å². The van der Waals surface area contributed by atoms with Crippen LogP contribution < -0.4 is 5.19 Å². The molecule has 0 atom stereocenters. The number of hydrogen-bond donors (Lipinski definition) is 0. The molecule has 1 heterocycles. The van der Waals surface area contributed by atoms with Gasteiger partial charge in [0.15, 0.2) is 0 Å². The largest absolute Gasteiger partial charge is 0.256 e. The predicted molar refractivity (Wildman–Crippen MR) is 98.1 cm³/mol. The van der Waals surface area contributed by atoms with Crippen LogP contribution in [0.2, 0.25) is 19.6 Å². The average Bonchev–Trinajstić information content (AvgIpc) is 2.55. The number of benzene rings is 2. The Morgan fingerprint density at radius 2 is 1.45 bits per heavy atom. The number of hydrogen-bond acceptors (Lipinski definition) is 1. The van der Waals surface area contributed by atoms with Crippen molar-refractivity contribution < 1.29 is 0 Å². The Morgan fingerprint density at radius 1 is 0.727 bits per heavy atom. The van der Waals surface area contributed by atoms with E-state index in [0.717, 1.165) is 5.69 Å². The maximum absolute atomic E-state index is 4.63. The van der Waals surface area contributed by atoms with Gasteiger partial charge in [-0.25, -0.2) is 0 Å². The van der Waals surface area contributed by atoms with Crippen molar-refractivity contribution in [3.8, 4) is 22.4 Å². The summed E-state index contributed by atoms with van der Waals surface area (Å²) in [5.41, 5.74) is 4.90. The predicted octanol–water partition coefficient (Wildman–Crippen LogP) is 4.96. The Kier molecular flexibility index (Phi) is 3.95. The van der Waals surface area contributed by atoms with Crippen LogP contribution in [0.5, 0.6) is 0 Å². The third kappa shape index (κ3) is 2.88. The molecule has 1 aromatic heterocycles. The van der Waals surface area contributed by atoms with Gasteiger partial charge in [0.1, 0.15) is 0 Å². The van der Waals surface area contributed by atoms with Crippen LogP contribution in [0.15, 0.2) is 72.9 Å². The monoisotopic (exact) mass is 303 g/mol. The first kappa shape index (κ1) is 14.7. The van der Waals surface area contributed by atoms with Gasteiger partial charge < -0.3 is 0 Å². The minimum atomic E-state index is -1.46. The summed E-state index contributed by atoms with van der Waals surface area (Å²) < 4.78 is 0. The SMILES string of the molecule is C[Si](C)(C)c1cccc(-c2ccccc2)c1-c1ccccn1. The van der Waals surface area contributed by atoms with Crippen molar-refractivity contribution in [3.63, 3.8) is 0 Å². The molecule has 0 spiro atoms. The molecule has 0 unspecified atom stereocenters. The highest BCUT2D eigenvalue weighted by Gasteiger charge is 2.23. The highest BCUT2D eigenvalue weighted by Crippen LogP contribution is 2.31. The Morgan fingerprint density at radius 3 is 2.09 bits per heavy atom. The van der Waals surface area contributed by atoms with Gasteiger partial charge in [-0.2, -0.15) is 0 Å². The summed E-state index contributed by atoms with van der Waals surface area (Å²) in [5.74, 6) is 0. The van der Waals surface area contributed by atoms with Crippen molar-refractivity contribution in [2.75, 3.05) is 0 Å². The fraction of sp³-hybridized carbons (Fsp3) is 0.150. The summed E-state index contributed by atoms with van der Waals surface area (Å²) in [6.07, 6.45) is 1.88. The summed E-state index contributed by atoms with van der Waals surface area (Å²) in [6, 6.07) is 23.4. The maximum Gasteiger partial charge on any atom is 0.0785 e. The van der Waals surface area contributed by atoms with E-state index in [0.29, 0.717) is 0 Å². The second kappa shape index (κ2) is 5.89. The Bertz CT molecular complexity index is 759. The van der Waals surface area contributed by atoms with Crippen molar-refractivity contribution in [2.45, 2.75) is 19.6 Å². The van der Waals surface area contributed by atoms with Crippen LogP contribution in [0.25, 0.3) is 22.4 Å². The molecule has 2 aromatic carbocycles. The highest BCUT2D eigenvalue weighted by molar-refractivity contribution is 6.89. The molecule has 1 nitrogen and oxygen atoms in total. The van der Waals surface area contributed by atoms with Gasteiger partial charge in [-0.3, -0.25) is 4.98 Å². The third-order valence-corrected chi connectivity index (χ3v) is 5.91. The summed E-state index contributed by atoms with van der Waals surface area (Å²) in [6.45, 7) is 7.18. The van der Waals surface area contributed by atoms with E-state index in [1.54, 1.807) is 0 Å². The van der Waals surface area contributed by atoms with Crippen molar-refractivity contribution in [1.29, 1.82) is 0 Å². The first-order chi connectivity index (χ1) is 10.6. The summed E-state index contributed by atoms with van der Waals surface area (Å²) in [4.78, 5) is 4.63. The molecule has 0 amide bonds. The topological polar surface area (TPSA) is 12.9 Å². The van der Waals surface area contributed by atoms with Crippen LogP contribution in [0.4, 0.5) is 0 Å². The van der Waals surface area contributed by atoms with Gasteiger partial charge in [-0.05, 0) is 23.3 Å². The zero-order valence-electron chi connectivity index (χ0n) is 13.4. The van der Waals surface area contributed by atoms with Crippen molar-refractivity contribution in [2.24, 2.45) is 0 Å². The lowest BCUT2D eigenvalue weighted by Crippen LogP contribution is -2.39. The van der Waals surface area contributed by atoms with Gasteiger partial charge in [-0.15, -0.1) is 0 Å². The second-order valence-electron chi connectivity index (χ2n) is 6.56. The van der Waals surface area contributed by atoms with Gasteiger partial charge in [-0.1, -0.05) is 79.4 Å². The van der Waals surface area contributed by atoms with E-state index in [-0.39, 0.29) is 0 Å². The van der Waals surface area contributed by atoms with Crippen LogP contribution in [0.1, 0.15) is 0 Å². The number of aromatic nitrogens is 1. The fourth-order valence-electron chi connectivity index (χ4n) is 2.82. The molecule has 2 heteroatoms. The molecule has 0 aliphatic heterocycles. The van der Waals surface area contributed by atoms with Gasteiger partial charge in [0.05, 0.1) is 13.8 Å². The zero-order chi connectivity index (χ0) is 15.6. The lowest BCUT2D eigenvalue weighted by atomic mass is 9.97.